The molecule has 3 rings (SSSR count). The maximum absolute atomic E-state index is 12.1. The number of amides is 2. The molecule has 1 fully saturated rings. The van der Waals surface area contributed by atoms with Crippen LogP contribution in [-0.4, -0.2) is 23.6 Å². The van der Waals surface area contributed by atoms with Crippen molar-refractivity contribution < 1.29 is 14.3 Å². The third kappa shape index (κ3) is 4.16. The molecule has 5 nitrogen and oxygen atoms in total. The molecule has 0 bridgehead atoms. The van der Waals surface area contributed by atoms with Gasteiger partial charge in [-0.2, -0.15) is 4.99 Å². The molecule has 6 heteroatoms. The van der Waals surface area contributed by atoms with E-state index >= 15 is 0 Å². The van der Waals surface area contributed by atoms with Crippen molar-refractivity contribution in [2.75, 3.05) is 6.61 Å². The van der Waals surface area contributed by atoms with Crippen LogP contribution in [0.4, 0.5) is 0 Å². The Balaban J connectivity index is 1.81. The van der Waals surface area contributed by atoms with Crippen molar-refractivity contribution in [3.8, 4) is 5.75 Å². The first-order chi connectivity index (χ1) is 12.2. The molecule has 0 radical (unpaired) electrons. The number of benzene rings is 2. The number of rotatable bonds is 4. The van der Waals surface area contributed by atoms with Crippen LogP contribution < -0.4 is 10.1 Å². The summed E-state index contributed by atoms with van der Waals surface area (Å²) in [6.45, 7) is 2.44. The highest BCUT2D eigenvalue weighted by molar-refractivity contribution is 8.18. The van der Waals surface area contributed by atoms with Crippen LogP contribution in [-0.2, 0) is 4.79 Å². The van der Waals surface area contributed by atoms with Gasteiger partial charge in [-0.3, -0.25) is 9.59 Å². The normalized spacial score (nSPS) is 16.9. The molecule has 0 saturated carbocycles. The molecule has 0 atom stereocenters. The summed E-state index contributed by atoms with van der Waals surface area (Å²) in [7, 11) is 0. The summed E-state index contributed by atoms with van der Waals surface area (Å²) in [5.74, 6) is 0.0342. The Hall–Kier alpha value is -2.86. The van der Waals surface area contributed by atoms with Crippen LogP contribution in [0.15, 0.2) is 64.5 Å². The number of ether oxygens (including phenoxy) is 1. The molecule has 0 aromatic heterocycles. The lowest BCUT2D eigenvalue weighted by Crippen LogP contribution is -2.20. The van der Waals surface area contributed by atoms with Crippen LogP contribution in [0.1, 0.15) is 22.8 Å². The molecule has 2 aromatic rings. The second-order valence-electron chi connectivity index (χ2n) is 5.12. The van der Waals surface area contributed by atoms with Gasteiger partial charge in [0, 0.05) is 11.1 Å². The monoisotopic (exact) mass is 352 g/mol. The Kier molecular flexibility index (Phi) is 5.30. The molecule has 0 aliphatic carbocycles. The molecule has 25 heavy (non-hydrogen) atoms. The van der Waals surface area contributed by atoms with Gasteiger partial charge in [-0.05, 0) is 43.0 Å². The van der Waals surface area contributed by atoms with Gasteiger partial charge in [-0.1, -0.05) is 36.4 Å². The van der Waals surface area contributed by atoms with Gasteiger partial charge in [0.2, 0.25) is 0 Å². The third-order valence-corrected chi connectivity index (χ3v) is 4.29. The third-order valence-electron chi connectivity index (χ3n) is 3.38. The molecular weight excluding hydrogens is 336 g/mol. The van der Waals surface area contributed by atoms with Crippen molar-refractivity contribution in [2.45, 2.75) is 6.92 Å². The van der Waals surface area contributed by atoms with Crippen LogP contribution in [0.2, 0.25) is 0 Å². The van der Waals surface area contributed by atoms with Crippen molar-refractivity contribution in [2.24, 2.45) is 4.99 Å². The molecule has 2 aromatic carbocycles. The van der Waals surface area contributed by atoms with Crippen molar-refractivity contribution in [3.63, 3.8) is 0 Å². The van der Waals surface area contributed by atoms with Gasteiger partial charge < -0.3 is 10.1 Å². The lowest BCUT2D eigenvalue weighted by atomic mass is 10.2. The lowest BCUT2D eigenvalue weighted by molar-refractivity contribution is -0.115. The summed E-state index contributed by atoms with van der Waals surface area (Å²) >= 11 is 1.14. The van der Waals surface area contributed by atoms with Crippen LogP contribution >= 0.6 is 11.8 Å². The standard InChI is InChI=1S/C19H16N2O3S/c1-2-24-15-11-7-6-10-14(15)12-16-18(23)21-19(25-16)20-17(22)13-8-4-3-5-9-13/h3-12H,2H2,1H3,(H,20,21,22,23)/b16-12-. The zero-order chi connectivity index (χ0) is 17.6. The fraction of sp³-hybridized carbons (Fsp3) is 0.105. The summed E-state index contributed by atoms with van der Waals surface area (Å²) in [5, 5.41) is 2.90. The zero-order valence-corrected chi connectivity index (χ0v) is 14.4. The topological polar surface area (TPSA) is 67.8 Å². The molecule has 1 aliphatic rings. The smallest absolute Gasteiger partial charge is 0.279 e. The molecule has 126 valence electrons. The van der Waals surface area contributed by atoms with Crippen LogP contribution in [0.5, 0.6) is 5.75 Å². The predicted molar refractivity (Wildman–Crippen MR) is 99.5 cm³/mol. The van der Waals surface area contributed by atoms with Gasteiger partial charge in [0.05, 0.1) is 11.5 Å². The highest BCUT2D eigenvalue weighted by Crippen LogP contribution is 2.29. The molecule has 1 aliphatic heterocycles. The summed E-state index contributed by atoms with van der Waals surface area (Å²) in [5.41, 5.74) is 1.28. The molecular formula is C19H16N2O3S. The Morgan fingerprint density at radius 3 is 2.64 bits per heavy atom. The maximum atomic E-state index is 12.1. The van der Waals surface area contributed by atoms with Crippen LogP contribution in [0, 0.1) is 0 Å². The van der Waals surface area contributed by atoms with Crippen molar-refractivity contribution in [1.82, 2.24) is 5.32 Å². The molecule has 1 N–H and O–H groups in total. The van der Waals surface area contributed by atoms with Crippen molar-refractivity contribution in [1.29, 1.82) is 0 Å². The minimum atomic E-state index is -0.389. The Bertz CT molecular complexity index is 860. The average molecular weight is 352 g/mol. The van der Waals surface area contributed by atoms with Gasteiger partial charge in [-0.25, -0.2) is 0 Å². The van der Waals surface area contributed by atoms with Crippen molar-refractivity contribution in [3.05, 3.63) is 70.6 Å². The largest absolute Gasteiger partial charge is 0.493 e. The number of amidine groups is 1. The number of carbonyl (C=O) groups excluding carboxylic acids is 2. The molecule has 1 heterocycles. The van der Waals surface area contributed by atoms with Crippen molar-refractivity contribution >= 4 is 34.8 Å². The van der Waals surface area contributed by atoms with E-state index in [1.807, 2.05) is 37.3 Å². The summed E-state index contributed by atoms with van der Waals surface area (Å²) in [6.07, 6.45) is 1.74. The number of para-hydroxylation sites is 1. The Labute approximate surface area is 149 Å². The first-order valence-corrected chi connectivity index (χ1v) is 8.60. The maximum Gasteiger partial charge on any atom is 0.279 e. The molecule has 1 saturated heterocycles. The molecule has 0 spiro atoms. The number of carbonyl (C=O) groups is 2. The zero-order valence-electron chi connectivity index (χ0n) is 13.6. The second kappa shape index (κ2) is 7.81. The number of hydrogen-bond donors (Lipinski definition) is 1. The SMILES string of the molecule is CCOc1ccccc1/C=C1\SC(=NC(=O)c2ccccc2)NC1=O. The number of hydrogen-bond acceptors (Lipinski definition) is 4. The van der Waals surface area contributed by atoms with E-state index in [9.17, 15) is 9.59 Å². The van der Waals surface area contributed by atoms with E-state index in [4.69, 9.17) is 4.74 Å². The first-order valence-electron chi connectivity index (χ1n) is 7.78. The van der Waals surface area contributed by atoms with E-state index in [1.165, 1.54) is 0 Å². The van der Waals surface area contributed by atoms with Gasteiger partial charge in [0.1, 0.15) is 5.75 Å². The highest BCUT2D eigenvalue weighted by atomic mass is 32.2. The van der Waals surface area contributed by atoms with E-state index in [2.05, 4.69) is 10.3 Å². The average Bonchev–Trinajstić information content (AvgIpc) is 2.97. The van der Waals surface area contributed by atoms with Gasteiger partial charge in [0.15, 0.2) is 5.17 Å². The predicted octanol–water partition coefficient (Wildman–Crippen LogP) is 3.49. The molecule has 2 amide bonds. The highest BCUT2D eigenvalue weighted by Gasteiger charge is 2.25. The second-order valence-corrected chi connectivity index (χ2v) is 6.15. The van der Waals surface area contributed by atoms with Gasteiger partial charge in [-0.15, -0.1) is 0 Å². The summed E-state index contributed by atoms with van der Waals surface area (Å²) < 4.78 is 5.56. The minimum Gasteiger partial charge on any atom is -0.493 e. The molecule has 0 unspecified atom stereocenters. The summed E-state index contributed by atoms with van der Waals surface area (Å²) in [6, 6.07) is 16.2. The summed E-state index contributed by atoms with van der Waals surface area (Å²) in [4.78, 5) is 28.7. The first kappa shape index (κ1) is 17.0. The minimum absolute atomic E-state index is 0.277. The fourth-order valence-electron chi connectivity index (χ4n) is 2.25. The number of thioether (sulfide) groups is 1. The van der Waals surface area contributed by atoms with Gasteiger partial charge >= 0.3 is 0 Å². The van der Waals surface area contributed by atoms with Crippen LogP contribution in [0.3, 0.4) is 0 Å². The quantitative estimate of drug-likeness (QED) is 0.856. The number of nitrogens with one attached hydrogen (secondary N) is 1. The van der Waals surface area contributed by atoms with E-state index in [1.54, 1.807) is 30.3 Å². The lowest BCUT2D eigenvalue weighted by Gasteiger charge is -2.06. The Morgan fingerprint density at radius 1 is 1.16 bits per heavy atom. The Morgan fingerprint density at radius 2 is 1.88 bits per heavy atom. The van der Waals surface area contributed by atoms with Gasteiger partial charge in [0.25, 0.3) is 11.8 Å². The van der Waals surface area contributed by atoms with E-state index in [-0.39, 0.29) is 17.0 Å². The van der Waals surface area contributed by atoms with E-state index in [0.717, 1.165) is 17.3 Å². The van der Waals surface area contributed by atoms with E-state index in [0.29, 0.717) is 22.8 Å². The number of aliphatic imine (C=N–C) groups is 1. The van der Waals surface area contributed by atoms with Crippen LogP contribution in [0.25, 0.3) is 6.08 Å². The fourth-order valence-corrected chi connectivity index (χ4v) is 3.06. The van der Waals surface area contributed by atoms with E-state index < -0.39 is 0 Å². The number of nitrogens with zero attached hydrogens (tertiary/aromatic N) is 1.